The quantitative estimate of drug-likeness (QED) is 0.749. The van der Waals surface area contributed by atoms with E-state index < -0.39 is 0 Å². The molecule has 0 aliphatic carbocycles. The van der Waals surface area contributed by atoms with Gasteiger partial charge in [-0.15, -0.1) is 0 Å². The highest BCUT2D eigenvalue weighted by atomic mass is 16.5. The minimum absolute atomic E-state index is 0.00160. The smallest absolute Gasteiger partial charge is 0.229 e. The van der Waals surface area contributed by atoms with Gasteiger partial charge in [0.15, 0.2) is 0 Å². The molecule has 1 aliphatic heterocycles. The molecule has 0 bridgehead atoms. The molecule has 21 heavy (non-hydrogen) atoms. The maximum Gasteiger partial charge on any atom is 0.229 e. The fourth-order valence-corrected chi connectivity index (χ4v) is 1.97. The van der Waals surface area contributed by atoms with E-state index in [0.717, 1.165) is 0 Å². The van der Waals surface area contributed by atoms with E-state index in [4.69, 9.17) is 9.47 Å². The molecule has 1 aromatic heterocycles. The summed E-state index contributed by atoms with van der Waals surface area (Å²) in [7, 11) is 1.60. The van der Waals surface area contributed by atoms with Crippen LogP contribution in [0.1, 0.15) is 12.8 Å². The van der Waals surface area contributed by atoms with Gasteiger partial charge in [-0.1, -0.05) is 0 Å². The molecule has 114 valence electrons. The number of ether oxygens (including phenoxy) is 2. The standard InChI is InChI=1S/C14H19N3O4/c1-20-6-7-21-13-5-3-11(9-16-13)17-14(19)10-2-4-12(18)15-8-10/h3,5,9-10H,2,4,6-8H2,1H3,(H,15,18)(H,17,19)/t10-/m0/s1. The Kier molecular flexibility index (Phi) is 5.51. The first-order valence-electron chi connectivity index (χ1n) is 6.84. The maximum atomic E-state index is 12.0. The Hall–Kier alpha value is -2.15. The fraction of sp³-hybridized carbons (Fsp3) is 0.500. The fourth-order valence-electron chi connectivity index (χ4n) is 1.97. The van der Waals surface area contributed by atoms with Gasteiger partial charge in [0.25, 0.3) is 0 Å². The van der Waals surface area contributed by atoms with Gasteiger partial charge in [-0.25, -0.2) is 4.98 Å². The lowest BCUT2D eigenvalue weighted by atomic mass is 9.98. The second-order valence-electron chi connectivity index (χ2n) is 4.76. The summed E-state index contributed by atoms with van der Waals surface area (Å²) in [6.07, 6.45) is 2.51. The van der Waals surface area contributed by atoms with Crippen LogP contribution in [0.25, 0.3) is 0 Å². The third kappa shape index (κ3) is 4.71. The van der Waals surface area contributed by atoms with E-state index in [1.807, 2.05) is 0 Å². The van der Waals surface area contributed by atoms with E-state index in [1.54, 1.807) is 25.4 Å². The maximum absolute atomic E-state index is 12.0. The topological polar surface area (TPSA) is 89.5 Å². The minimum atomic E-state index is -0.194. The Morgan fingerprint density at radius 3 is 2.95 bits per heavy atom. The molecule has 0 saturated carbocycles. The predicted molar refractivity (Wildman–Crippen MR) is 76.0 cm³/mol. The lowest BCUT2D eigenvalue weighted by molar-refractivity contribution is -0.126. The van der Waals surface area contributed by atoms with Gasteiger partial charge in [0.2, 0.25) is 17.7 Å². The first kappa shape index (κ1) is 15.2. The SMILES string of the molecule is COCCOc1ccc(NC(=O)[C@H]2CCC(=O)NC2)cn1. The number of rotatable bonds is 6. The summed E-state index contributed by atoms with van der Waals surface area (Å²) in [6, 6.07) is 3.42. The van der Waals surface area contributed by atoms with Crippen molar-refractivity contribution < 1.29 is 19.1 Å². The van der Waals surface area contributed by atoms with Crippen LogP contribution >= 0.6 is 0 Å². The molecule has 2 rings (SSSR count). The van der Waals surface area contributed by atoms with Crippen molar-refractivity contribution in [2.75, 3.05) is 32.2 Å². The van der Waals surface area contributed by atoms with Crippen LogP contribution in [0.5, 0.6) is 5.88 Å². The molecule has 2 heterocycles. The number of hydrogen-bond acceptors (Lipinski definition) is 5. The molecule has 0 unspecified atom stereocenters. The van der Waals surface area contributed by atoms with Crippen molar-refractivity contribution in [1.82, 2.24) is 10.3 Å². The van der Waals surface area contributed by atoms with Crippen molar-refractivity contribution in [3.63, 3.8) is 0 Å². The molecule has 1 saturated heterocycles. The number of carbonyl (C=O) groups excluding carboxylic acids is 2. The summed E-state index contributed by atoms with van der Waals surface area (Å²) in [5.41, 5.74) is 0.607. The number of aromatic nitrogens is 1. The van der Waals surface area contributed by atoms with Crippen molar-refractivity contribution >= 4 is 17.5 Å². The van der Waals surface area contributed by atoms with E-state index >= 15 is 0 Å². The largest absolute Gasteiger partial charge is 0.475 e. The Morgan fingerprint density at radius 1 is 1.48 bits per heavy atom. The summed E-state index contributed by atoms with van der Waals surface area (Å²) < 4.78 is 10.2. The number of nitrogens with one attached hydrogen (secondary N) is 2. The summed E-state index contributed by atoms with van der Waals surface area (Å²) in [5, 5.41) is 5.48. The number of piperidine rings is 1. The lowest BCUT2D eigenvalue weighted by Gasteiger charge is -2.21. The summed E-state index contributed by atoms with van der Waals surface area (Å²) >= 11 is 0. The number of amides is 2. The molecule has 0 spiro atoms. The highest BCUT2D eigenvalue weighted by Gasteiger charge is 2.24. The molecule has 0 radical (unpaired) electrons. The van der Waals surface area contributed by atoms with Crippen LogP contribution in [0, 0.1) is 5.92 Å². The monoisotopic (exact) mass is 293 g/mol. The summed E-state index contributed by atoms with van der Waals surface area (Å²) in [4.78, 5) is 27.2. The van der Waals surface area contributed by atoms with Crippen molar-refractivity contribution in [2.45, 2.75) is 12.8 Å². The highest BCUT2D eigenvalue weighted by molar-refractivity contribution is 5.93. The zero-order chi connectivity index (χ0) is 15.1. The first-order chi connectivity index (χ1) is 10.2. The van der Waals surface area contributed by atoms with Gasteiger partial charge in [-0.05, 0) is 12.5 Å². The van der Waals surface area contributed by atoms with Crippen LogP contribution in [0.2, 0.25) is 0 Å². The average Bonchev–Trinajstić information content (AvgIpc) is 2.50. The highest BCUT2D eigenvalue weighted by Crippen LogP contribution is 2.16. The van der Waals surface area contributed by atoms with Crippen LogP contribution in [0.15, 0.2) is 18.3 Å². The van der Waals surface area contributed by atoms with Crippen molar-refractivity contribution in [3.05, 3.63) is 18.3 Å². The van der Waals surface area contributed by atoms with Crippen molar-refractivity contribution in [1.29, 1.82) is 0 Å². The second-order valence-corrected chi connectivity index (χ2v) is 4.76. The number of nitrogens with zero attached hydrogens (tertiary/aromatic N) is 1. The number of carbonyl (C=O) groups is 2. The number of methoxy groups -OCH3 is 1. The van der Waals surface area contributed by atoms with Crippen LogP contribution in [0.3, 0.4) is 0 Å². The Balaban J connectivity index is 1.82. The van der Waals surface area contributed by atoms with Gasteiger partial charge in [0, 0.05) is 26.1 Å². The van der Waals surface area contributed by atoms with Crippen molar-refractivity contribution in [2.24, 2.45) is 5.92 Å². The minimum Gasteiger partial charge on any atom is -0.475 e. The molecular formula is C14H19N3O4. The zero-order valence-corrected chi connectivity index (χ0v) is 11.9. The zero-order valence-electron chi connectivity index (χ0n) is 11.9. The molecule has 1 fully saturated rings. The molecular weight excluding hydrogens is 274 g/mol. The van der Waals surface area contributed by atoms with Crippen LogP contribution < -0.4 is 15.4 Å². The average molecular weight is 293 g/mol. The van der Waals surface area contributed by atoms with Gasteiger partial charge < -0.3 is 20.1 Å². The lowest BCUT2D eigenvalue weighted by Crippen LogP contribution is -2.40. The van der Waals surface area contributed by atoms with E-state index in [9.17, 15) is 9.59 Å². The molecule has 2 N–H and O–H groups in total. The van der Waals surface area contributed by atoms with Crippen LogP contribution in [0.4, 0.5) is 5.69 Å². The first-order valence-corrected chi connectivity index (χ1v) is 6.84. The van der Waals surface area contributed by atoms with Gasteiger partial charge in [0.05, 0.1) is 24.4 Å². The van der Waals surface area contributed by atoms with E-state index in [2.05, 4.69) is 15.6 Å². The normalized spacial score (nSPS) is 18.0. The number of hydrogen-bond donors (Lipinski definition) is 2. The molecule has 1 aromatic rings. The van der Waals surface area contributed by atoms with Gasteiger partial charge in [-0.3, -0.25) is 9.59 Å². The van der Waals surface area contributed by atoms with E-state index in [0.29, 0.717) is 44.2 Å². The van der Waals surface area contributed by atoms with Crippen LogP contribution in [-0.2, 0) is 14.3 Å². The Labute approximate surface area is 123 Å². The number of pyridine rings is 1. The predicted octanol–water partition coefficient (Wildman–Crippen LogP) is 0.571. The second kappa shape index (κ2) is 7.58. The van der Waals surface area contributed by atoms with Gasteiger partial charge in [-0.2, -0.15) is 0 Å². The molecule has 0 aromatic carbocycles. The van der Waals surface area contributed by atoms with Crippen molar-refractivity contribution in [3.8, 4) is 5.88 Å². The molecule has 1 aliphatic rings. The third-order valence-electron chi connectivity index (χ3n) is 3.18. The van der Waals surface area contributed by atoms with E-state index in [-0.39, 0.29) is 17.7 Å². The summed E-state index contributed by atoms with van der Waals surface area (Å²) in [6.45, 7) is 1.31. The van der Waals surface area contributed by atoms with E-state index in [1.165, 1.54) is 0 Å². The summed E-state index contributed by atoms with van der Waals surface area (Å²) in [5.74, 6) is 0.179. The Morgan fingerprint density at radius 2 is 2.33 bits per heavy atom. The third-order valence-corrected chi connectivity index (χ3v) is 3.18. The van der Waals surface area contributed by atoms with Gasteiger partial charge >= 0.3 is 0 Å². The van der Waals surface area contributed by atoms with Crippen LogP contribution in [-0.4, -0.2) is 43.7 Å². The Bertz CT molecular complexity index is 479. The molecule has 1 atom stereocenters. The molecule has 7 heteroatoms. The number of anilines is 1. The molecule has 2 amide bonds. The van der Waals surface area contributed by atoms with Gasteiger partial charge in [0.1, 0.15) is 6.61 Å². The molecule has 7 nitrogen and oxygen atoms in total.